The van der Waals surface area contributed by atoms with E-state index in [0.29, 0.717) is 35.0 Å². The third-order valence-electron chi connectivity index (χ3n) is 3.47. The maximum Gasteiger partial charge on any atom is 0.291 e. The van der Waals surface area contributed by atoms with Crippen LogP contribution in [-0.2, 0) is 13.1 Å². The second kappa shape index (κ2) is 5.70. The van der Waals surface area contributed by atoms with Crippen LogP contribution < -0.4 is 10.9 Å². The van der Waals surface area contributed by atoms with Crippen molar-refractivity contribution in [1.29, 1.82) is 0 Å². The van der Waals surface area contributed by atoms with Crippen molar-refractivity contribution < 1.29 is 0 Å². The van der Waals surface area contributed by atoms with E-state index in [4.69, 9.17) is 0 Å². The molecular weight excluding hydrogens is 326 g/mol. The lowest BCUT2D eigenvalue weighted by Crippen LogP contribution is -2.30. The summed E-state index contributed by atoms with van der Waals surface area (Å²) in [6, 6.07) is 0. The highest BCUT2D eigenvalue weighted by atomic mass is 79.9. The number of nitrogens with zero attached hydrogens (tertiary/aromatic N) is 5. The van der Waals surface area contributed by atoms with Gasteiger partial charge in [0.05, 0.1) is 17.2 Å². The van der Waals surface area contributed by atoms with Gasteiger partial charge in [0.15, 0.2) is 5.82 Å². The first-order valence-corrected chi connectivity index (χ1v) is 7.25. The summed E-state index contributed by atoms with van der Waals surface area (Å²) in [5.41, 5.74) is 0.346. The highest BCUT2D eigenvalue weighted by Crippen LogP contribution is 2.27. The number of aromatic amines is 1. The SMILES string of the molecule is O=c1c(NCc2nn[nH]n2)c(Br)cnn1CC1CCC1. The predicted molar refractivity (Wildman–Crippen MR) is 75.0 cm³/mol. The number of aromatic nitrogens is 6. The largest absolute Gasteiger partial charge is 0.372 e. The Balaban J connectivity index is 1.77. The molecule has 0 atom stereocenters. The van der Waals surface area contributed by atoms with Gasteiger partial charge in [-0.15, -0.1) is 10.2 Å². The van der Waals surface area contributed by atoms with Crippen LogP contribution in [0.3, 0.4) is 0 Å². The smallest absolute Gasteiger partial charge is 0.291 e. The van der Waals surface area contributed by atoms with Crippen molar-refractivity contribution >= 4 is 21.6 Å². The minimum Gasteiger partial charge on any atom is -0.372 e. The van der Waals surface area contributed by atoms with Crippen LogP contribution in [0.2, 0.25) is 0 Å². The zero-order valence-corrected chi connectivity index (χ0v) is 12.3. The molecule has 3 rings (SSSR count). The van der Waals surface area contributed by atoms with Gasteiger partial charge in [-0.1, -0.05) is 11.6 Å². The third-order valence-corrected chi connectivity index (χ3v) is 4.07. The van der Waals surface area contributed by atoms with Gasteiger partial charge < -0.3 is 5.32 Å². The molecule has 9 heteroatoms. The second-order valence-electron chi connectivity index (χ2n) is 4.83. The maximum atomic E-state index is 12.4. The van der Waals surface area contributed by atoms with Gasteiger partial charge in [0.1, 0.15) is 5.69 Å². The second-order valence-corrected chi connectivity index (χ2v) is 5.69. The molecule has 0 amide bonds. The topological polar surface area (TPSA) is 101 Å². The lowest BCUT2D eigenvalue weighted by molar-refractivity contribution is 0.262. The Labute approximate surface area is 123 Å². The van der Waals surface area contributed by atoms with E-state index in [1.807, 2.05) is 0 Å². The van der Waals surface area contributed by atoms with Gasteiger partial charge in [0.25, 0.3) is 5.56 Å². The Kier molecular flexibility index (Phi) is 3.77. The summed E-state index contributed by atoms with van der Waals surface area (Å²) in [6.07, 6.45) is 5.24. The fourth-order valence-electron chi connectivity index (χ4n) is 2.10. The Morgan fingerprint density at radius 2 is 2.35 bits per heavy atom. The molecule has 0 spiro atoms. The van der Waals surface area contributed by atoms with Crippen molar-refractivity contribution in [2.75, 3.05) is 5.32 Å². The molecule has 0 aromatic carbocycles. The lowest BCUT2D eigenvalue weighted by atomic mass is 9.85. The molecule has 0 bridgehead atoms. The number of halogens is 1. The fourth-order valence-corrected chi connectivity index (χ4v) is 2.50. The third kappa shape index (κ3) is 2.72. The van der Waals surface area contributed by atoms with Crippen molar-refractivity contribution in [3.63, 3.8) is 0 Å². The molecule has 0 unspecified atom stereocenters. The van der Waals surface area contributed by atoms with Crippen LogP contribution in [0.15, 0.2) is 15.5 Å². The van der Waals surface area contributed by atoms with Gasteiger partial charge in [0, 0.05) is 6.54 Å². The van der Waals surface area contributed by atoms with Crippen molar-refractivity contribution in [3.05, 3.63) is 26.8 Å². The van der Waals surface area contributed by atoms with E-state index < -0.39 is 0 Å². The van der Waals surface area contributed by atoms with Crippen LogP contribution in [0.4, 0.5) is 5.69 Å². The van der Waals surface area contributed by atoms with Crippen molar-refractivity contribution in [2.45, 2.75) is 32.4 Å². The van der Waals surface area contributed by atoms with Gasteiger partial charge in [-0.05, 0) is 34.7 Å². The predicted octanol–water partition coefficient (Wildman–Crippen LogP) is 0.931. The fraction of sp³-hybridized carbons (Fsp3) is 0.545. The normalized spacial score (nSPS) is 15.1. The summed E-state index contributed by atoms with van der Waals surface area (Å²) in [6.45, 7) is 1.01. The molecule has 1 aliphatic carbocycles. The summed E-state index contributed by atoms with van der Waals surface area (Å²) < 4.78 is 2.16. The van der Waals surface area contributed by atoms with Crippen molar-refractivity contribution in [3.8, 4) is 0 Å². The van der Waals surface area contributed by atoms with Crippen molar-refractivity contribution in [2.24, 2.45) is 5.92 Å². The first kappa shape index (κ1) is 13.2. The summed E-state index contributed by atoms with van der Waals surface area (Å²) in [5, 5.41) is 20.7. The van der Waals surface area contributed by atoms with E-state index in [2.05, 4.69) is 47.0 Å². The Hall–Kier alpha value is -1.77. The van der Waals surface area contributed by atoms with E-state index in [1.54, 1.807) is 6.20 Å². The lowest BCUT2D eigenvalue weighted by Gasteiger charge is -2.25. The summed E-state index contributed by atoms with van der Waals surface area (Å²) >= 11 is 3.34. The van der Waals surface area contributed by atoms with Gasteiger partial charge >= 0.3 is 0 Å². The Bertz CT molecular complexity index is 635. The van der Waals surface area contributed by atoms with Crippen LogP contribution in [0.5, 0.6) is 0 Å². The van der Waals surface area contributed by atoms with E-state index in [0.717, 1.165) is 0 Å². The van der Waals surface area contributed by atoms with E-state index in [9.17, 15) is 4.79 Å². The first-order chi connectivity index (χ1) is 9.74. The summed E-state index contributed by atoms with van der Waals surface area (Å²) in [5.74, 6) is 1.07. The number of nitrogens with one attached hydrogen (secondary N) is 2. The number of hydrogen-bond donors (Lipinski definition) is 2. The van der Waals surface area contributed by atoms with Gasteiger partial charge in [-0.3, -0.25) is 4.79 Å². The number of anilines is 1. The minimum absolute atomic E-state index is 0.130. The van der Waals surface area contributed by atoms with Crippen LogP contribution in [0, 0.1) is 5.92 Å². The van der Waals surface area contributed by atoms with Crippen molar-refractivity contribution in [1.82, 2.24) is 30.4 Å². The molecule has 1 aliphatic rings. The first-order valence-electron chi connectivity index (χ1n) is 6.46. The monoisotopic (exact) mass is 339 g/mol. The maximum absolute atomic E-state index is 12.4. The molecular formula is C11H14BrN7O. The van der Waals surface area contributed by atoms with Crippen LogP contribution in [0.1, 0.15) is 25.1 Å². The molecule has 106 valence electrons. The highest BCUT2D eigenvalue weighted by molar-refractivity contribution is 9.10. The molecule has 8 nitrogen and oxygen atoms in total. The Morgan fingerprint density at radius 3 is 3.00 bits per heavy atom. The van der Waals surface area contributed by atoms with Gasteiger partial charge in [-0.2, -0.15) is 10.3 Å². The minimum atomic E-state index is -0.130. The molecule has 0 aliphatic heterocycles. The highest BCUT2D eigenvalue weighted by Gasteiger charge is 2.20. The average molecular weight is 340 g/mol. The zero-order valence-electron chi connectivity index (χ0n) is 10.7. The number of H-pyrrole nitrogens is 1. The zero-order chi connectivity index (χ0) is 13.9. The van der Waals surface area contributed by atoms with Crippen LogP contribution in [0.25, 0.3) is 0 Å². The molecule has 20 heavy (non-hydrogen) atoms. The number of rotatable bonds is 5. The summed E-state index contributed by atoms with van der Waals surface area (Å²) in [4.78, 5) is 12.4. The number of tetrazole rings is 1. The van der Waals surface area contributed by atoms with Gasteiger partial charge in [-0.25, -0.2) is 4.68 Å². The quantitative estimate of drug-likeness (QED) is 0.840. The molecule has 1 fully saturated rings. The molecule has 2 aromatic heterocycles. The summed E-state index contributed by atoms with van der Waals surface area (Å²) in [7, 11) is 0. The standard InChI is InChI=1S/C11H14BrN7O/c12-8-4-14-19(6-7-2-1-3-7)11(20)10(8)13-5-9-15-17-18-16-9/h4,7,13H,1-3,5-6H2,(H,15,16,17,18). The Morgan fingerprint density at radius 1 is 1.50 bits per heavy atom. The van der Waals surface area contributed by atoms with Gasteiger partial charge in [0.2, 0.25) is 0 Å². The molecule has 0 radical (unpaired) electrons. The van der Waals surface area contributed by atoms with Crippen LogP contribution >= 0.6 is 15.9 Å². The number of hydrogen-bond acceptors (Lipinski definition) is 6. The average Bonchev–Trinajstić information content (AvgIpc) is 2.89. The molecule has 2 heterocycles. The molecule has 1 saturated carbocycles. The molecule has 2 N–H and O–H groups in total. The van der Waals surface area contributed by atoms with E-state index in [1.165, 1.54) is 23.9 Å². The van der Waals surface area contributed by atoms with Crippen LogP contribution in [-0.4, -0.2) is 30.4 Å². The molecule has 2 aromatic rings. The molecule has 0 saturated heterocycles. The van der Waals surface area contributed by atoms with E-state index in [-0.39, 0.29) is 5.56 Å². The van der Waals surface area contributed by atoms with E-state index >= 15 is 0 Å².